The highest BCUT2D eigenvalue weighted by atomic mass is 79.9. The van der Waals surface area contributed by atoms with Crippen molar-refractivity contribution in [3.63, 3.8) is 0 Å². The Morgan fingerprint density at radius 2 is 1.93 bits per heavy atom. The molecular weight excluding hydrogens is 410 g/mol. The van der Waals surface area contributed by atoms with Crippen molar-refractivity contribution < 1.29 is 19.1 Å². The molecule has 0 amide bonds. The van der Waals surface area contributed by atoms with Crippen molar-refractivity contribution in [1.82, 2.24) is 4.57 Å². The zero-order valence-corrected chi connectivity index (χ0v) is 17.2. The molecule has 0 spiro atoms. The number of halogens is 1. The Morgan fingerprint density at radius 3 is 2.59 bits per heavy atom. The summed E-state index contributed by atoms with van der Waals surface area (Å²) in [6, 6.07) is 6.30. The van der Waals surface area contributed by atoms with Crippen molar-refractivity contribution >= 4 is 38.8 Å². The van der Waals surface area contributed by atoms with Crippen LogP contribution < -0.4 is 0 Å². The molecule has 4 rings (SSSR count). The molecule has 6 heteroatoms. The quantitative estimate of drug-likeness (QED) is 0.416. The van der Waals surface area contributed by atoms with Gasteiger partial charge in [0.05, 0.1) is 14.2 Å². The van der Waals surface area contributed by atoms with Gasteiger partial charge in [-0.2, -0.15) is 0 Å². The molecule has 2 bridgehead atoms. The molecule has 0 radical (unpaired) electrons. The third-order valence-electron chi connectivity index (χ3n) is 6.06. The number of methoxy groups -OCH3 is 2. The number of rotatable bonds is 4. The summed E-state index contributed by atoms with van der Waals surface area (Å²) in [5.74, 6) is -1.22. The Morgan fingerprint density at radius 1 is 1.22 bits per heavy atom. The van der Waals surface area contributed by atoms with Gasteiger partial charge in [-0.1, -0.05) is 28.1 Å². The molecule has 0 N–H and O–H groups in total. The first-order valence-electron chi connectivity index (χ1n) is 9.08. The summed E-state index contributed by atoms with van der Waals surface area (Å²) >= 11 is 3.58. The van der Waals surface area contributed by atoms with E-state index in [4.69, 9.17) is 9.47 Å². The first-order chi connectivity index (χ1) is 13.0. The van der Waals surface area contributed by atoms with E-state index in [1.807, 2.05) is 6.07 Å². The minimum absolute atomic E-state index is 0.0659. The van der Waals surface area contributed by atoms with Crippen molar-refractivity contribution in [2.24, 2.45) is 18.9 Å². The normalized spacial score (nSPS) is 22.9. The molecule has 3 atom stereocenters. The van der Waals surface area contributed by atoms with Gasteiger partial charge in [0.25, 0.3) is 0 Å². The fourth-order valence-corrected chi connectivity index (χ4v) is 5.23. The van der Waals surface area contributed by atoms with Crippen molar-refractivity contribution in [3.8, 4) is 0 Å². The number of esters is 2. The van der Waals surface area contributed by atoms with E-state index in [1.54, 1.807) is 0 Å². The van der Waals surface area contributed by atoms with Crippen LogP contribution in [0.5, 0.6) is 0 Å². The predicted molar refractivity (Wildman–Crippen MR) is 105 cm³/mol. The Balaban J connectivity index is 1.86. The average Bonchev–Trinajstić information content (AvgIpc) is 3.21. The number of hydrogen-bond acceptors (Lipinski definition) is 4. The van der Waals surface area contributed by atoms with Crippen molar-refractivity contribution in [1.29, 1.82) is 0 Å². The van der Waals surface area contributed by atoms with Gasteiger partial charge in [0.1, 0.15) is 0 Å². The molecule has 2 aliphatic carbocycles. The first kappa shape index (κ1) is 18.3. The molecule has 27 heavy (non-hydrogen) atoms. The van der Waals surface area contributed by atoms with E-state index >= 15 is 0 Å². The number of nitrogens with zero attached hydrogens (tertiary/aromatic N) is 1. The molecule has 5 nitrogen and oxygen atoms in total. The molecule has 2 aliphatic rings. The van der Waals surface area contributed by atoms with Crippen LogP contribution in [0, 0.1) is 11.8 Å². The minimum Gasteiger partial charge on any atom is -0.468 e. The van der Waals surface area contributed by atoms with Gasteiger partial charge in [0.15, 0.2) is 5.92 Å². The van der Waals surface area contributed by atoms with Gasteiger partial charge in [0, 0.05) is 34.0 Å². The highest BCUT2D eigenvalue weighted by molar-refractivity contribution is 9.10. The molecule has 1 aromatic carbocycles. The topological polar surface area (TPSA) is 57.5 Å². The van der Waals surface area contributed by atoms with Crippen LogP contribution in [0.25, 0.3) is 10.9 Å². The third-order valence-corrected chi connectivity index (χ3v) is 6.56. The summed E-state index contributed by atoms with van der Waals surface area (Å²) in [4.78, 5) is 24.5. The smallest absolute Gasteiger partial charge is 0.320 e. The molecule has 0 saturated carbocycles. The summed E-state index contributed by atoms with van der Waals surface area (Å²) in [7, 11) is 4.72. The van der Waals surface area contributed by atoms with E-state index in [0.717, 1.165) is 10.9 Å². The number of carbonyl (C=O) groups is 2. The lowest BCUT2D eigenvalue weighted by Gasteiger charge is -2.32. The molecule has 0 unspecified atom stereocenters. The fraction of sp³-hybridized carbons (Fsp3) is 0.429. The van der Waals surface area contributed by atoms with Crippen LogP contribution in [0.15, 0.2) is 34.8 Å². The average molecular weight is 432 g/mol. The number of fused-ring (bicyclic) bond motifs is 6. The van der Waals surface area contributed by atoms with Gasteiger partial charge in [-0.25, -0.2) is 0 Å². The lowest BCUT2D eigenvalue weighted by molar-refractivity contribution is -0.159. The van der Waals surface area contributed by atoms with Gasteiger partial charge < -0.3 is 14.0 Å². The van der Waals surface area contributed by atoms with Crippen LogP contribution in [-0.2, 0) is 26.1 Å². The van der Waals surface area contributed by atoms with E-state index in [9.17, 15) is 9.59 Å². The minimum atomic E-state index is -0.911. The molecule has 0 fully saturated rings. The fourth-order valence-electron chi connectivity index (χ4n) is 4.87. The maximum absolute atomic E-state index is 12.3. The van der Waals surface area contributed by atoms with Crippen LogP contribution in [0.4, 0.5) is 0 Å². The second kappa shape index (κ2) is 6.82. The van der Waals surface area contributed by atoms with Crippen LogP contribution in [0.3, 0.4) is 0 Å². The van der Waals surface area contributed by atoms with Crippen molar-refractivity contribution in [2.75, 3.05) is 14.2 Å². The number of carbonyl (C=O) groups excluding carboxylic acids is 2. The van der Waals surface area contributed by atoms with E-state index < -0.39 is 17.9 Å². The Hall–Kier alpha value is -2.08. The van der Waals surface area contributed by atoms with Crippen LogP contribution in [0.2, 0.25) is 0 Å². The van der Waals surface area contributed by atoms with Gasteiger partial charge in [-0.05, 0) is 48.4 Å². The van der Waals surface area contributed by atoms with E-state index in [0.29, 0.717) is 18.3 Å². The molecule has 2 aromatic rings. The monoisotopic (exact) mass is 431 g/mol. The first-order valence-corrected chi connectivity index (χ1v) is 9.87. The number of ether oxygens (including phenoxy) is 2. The SMILES string of the molecule is COC(=O)C(C[C@@H]1c2c(n(C)c3ccc(Br)cc23)[C@@H]2C=C[C@H]1C2)C(=O)OC. The van der Waals surface area contributed by atoms with Gasteiger partial charge >= 0.3 is 11.9 Å². The van der Waals surface area contributed by atoms with E-state index in [1.165, 1.54) is 36.4 Å². The van der Waals surface area contributed by atoms with Gasteiger partial charge in [-0.15, -0.1) is 0 Å². The number of aryl methyl sites for hydroxylation is 1. The molecule has 142 valence electrons. The van der Waals surface area contributed by atoms with Gasteiger partial charge in [-0.3, -0.25) is 9.59 Å². The van der Waals surface area contributed by atoms with E-state index in [-0.39, 0.29) is 5.92 Å². The van der Waals surface area contributed by atoms with E-state index in [2.05, 4.69) is 51.8 Å². The zero-order valence-electron chi connectivity index (χ0n) is 15.6. The predicted octanol–water partition coefficient (Wildman–Crippen LogP) is 4.05. The van der Waals surface area contributed by atoms with Gasteiger partial charge in [0.2, 0.25) is 0 Å². The Kier molecular flexibility index (Phi) is 4.62. The highest BCUT2D eigenvalue weighted by Gasteiger charge is 2.43. The maximum Gasteiger partial charge on any atom is 0.320 e. The molecule has 0 saturated heterocycles. The van der Waals surface area contributed by atoms with Crippen LogP contribution in [0.1, 0.15) is 35.9 Å². The lowest BCUT2D eigenvalue weighted by Crippen LogP contribution is -2.31. The standard InChI is InChI=1S/C21H22BrNO4/c1-23-17-7-6-13(22)9-15(17)18-14(11-4-5-12(8-11)19(18)23)10-16(20(24)26-2)21(25)27-3/h4-7,9,11-12,14,16H,8,10H2,1-3H3/t11-,12+,14-/m0/s1. The van der Waals surface area contributed by atoms with Crippen LogP contribution in [-0.4, -0.2) is 30.7 Å². The largest absolute Gasteiger partial charge is 0.468 e. The summed E-state index contributed by atoms with van der Waals surface area (Å²) in [5.41, 5.74) is 3.70. The molecule has 0 aliphatic heterocycles. The Labute approximate surface area is 166 Å². The molecular formula is C21H22BrNO4. The molecule has 1 aromatic heterocycles. The number of allylic oxidation sites excluding steroid dienone is 2. The summed E-state index contributed by atoms with van der Waals surface area (Å²) in [6.45, 7) is 0. The lowest BCUT2D eigenvalue weighted by atomic mass is 9.72. The van der Waals surface area contributed by atoms with Crippen molar-refractivity contribution in [2.45, 2.75) is 24.7 Å². The van der Waals surface area contributed by atoms with Crippen molar-refractivity contribution in [3.05, 3.63) is 46.1 Å². The molecule has 1 heterocycles. The zero-order chi connectivity index (χ0) is 19.3. The summed E-state index contributed by atoms with van der Waals surface area (Å²) < 4.78 is 13.0. The highest BCUT2D eigenvalue weighted by Crippen LogP contribution is 2.53. The third kappa shape index (κ3) is 2.81. The number of benzene rings is 1. The second-order valence-electron chi connectivity index (χ2n) is 7.35. The summed E-state index contributed by atoms with van der Waals surface area (Å²) in [6.07, 6.45) is 5.91. The van der Waals surface area contributed by atoms with Crippen LogP contribution >= 0.6 is 15.9 Å². The number of aromatic nitrogens is 1. The summed E-state index contributed by atoms with van der Waals surface area (Å²) in [5, 5.41) is 1.18. The number of hydrogen-bond donors (Lipinski definition) is 0. The Bertz CT molecular complexity index is 945. The second-order valence-corrected chi connectivity index (χ2v) is 8.27. The maximum atomic E-state index is 12.3.